The molecule has 0 spiro atoms. The molecule has 134 valence electrons. The Balaban J connectivity index is 1.97. The molecule has 2 aromatic carbocycles. The maximum atomic E-state index is 12.4. The molecule has 0 saturated heterocycles. The number of anilines is 1. The lowest BCUT2D eigenvalue weighted by atomic mass is 10.0. The van der Waals surface area contributed by atoms with Crippen molar-refractivity contribution < 1.29 is 19.1 Å². The van der Waals surface area contributed by atoms with Gasteiger partial charge in [0.05, 0.1) is 7.11 Å². The maximum absolute atomic E-state index is 12.4. The first-order valence-electron chi connectivity index (χ1n) is 8.46. The lowest BCUT2D eigenvalue weighted by molar-refractivity contribution is -0.141. The van der Waals surface area contributed by atoms with Crippen LogP contribution in [0.2, 0.25) is 0 Å². The van der Waals surface area contributed by atoms with E-state index in [1.807, 2.05) is 42.5 Å². The first kappa shape index (κ1) is 17.7. The van der Waals surface area contributed by atoms with E-state index in [9.17, 15) is 9.59 Å². The highest BCUT2D eigenvalue weighted by Crippen LogP contribution is 2.36. The van der Waals surface area contributed by atoms with E-state index in [0.717, 1.165) is 0 Å². The average Bonchev–Trinajstić information content (AvgIpc) is 2.98. The molecule has 5 nitrogen and oxygen atoms in total. The zero-order chi connectivity index (χ0) is 18.7. The molecule has 0 aromatic heterocycles. The second kappa shape index (κ2) is 7.44. The van der Waals surface area contributed by atoms with E-state index in [1.165, 1.54) is 12.7 Å². The molecular formula is C21H21NO4. The second-order valence-corrected chi connectivity index (χ2v) is 6.38. The molecule has 0 saturated carbocycles. The summed E-state index contributed by atoms with van der Waals surface area (Å²) in [5.41, 5.74) is 2.90. The summed E-state index contributed by atoms with van der Waals surface area (Å²) >= 11 is 0. The van der Waals surface area contributed by atoms with E-state index in [1.54, 1.807) is 12.1 Å². The van der Waals surface area contributed by atoms with Crippen LogP contribution in [0.1, 0.15) is 37.0 Å². The van der Waals surface area contributed by atoms with Crippen molar-refractivity contribution in [3.8, 4) is 0 Å². The number of esters is 2. The summed E-state index contributed by atoms with van der Waals surface area (Å²) in [6, 6.07) is 16.9. The Labute approximate surface area is 152 Å². The number of cyclic esters (lactones) is 1. The van der Waals surface area contributed by atoms with Crippen LogP contribution in [0.5, 0.6) is 0 Å². The van der Waals surface area contributed by atoms with Gasteiger partial charge < -0.3 is 14.8 Å². The Morgan fingerprint density at radius 2 is 1.73 bits per heavy atom. The van der Waals surface area contributed by atoms with E-state index in [0.29, 0.717) is 17.2 Å². The van der Waals surface area contributed by atoms with Crippen molar-refractivity contribution in [1.82, 2.24) is 0 Å². The topological polar surface area (TPSA) is 64.6 Å². The van der Waals surface area contributed by atoms with Crippen LogP contribution in [0.3, 0.4) is 0 Å². The molecule has 0 radical (unpaired) electrons. The molecule has 1 unspecified atom stereocenters. The van der Waals surface area contributed by atoms with Crippen LogP contribution in [0, 0.1) is 0 Å². The number of rotatable bonds is 5. The molecule has 1 aliphatic heterocycles. The number of methoxy groups -OCH3 is 1. The molecule has 0 amide bonds. The van der Waals surface area contributed by atoms with E-state index in [-0.39, 0.29) is 11.3 Å². The van der Waals surface area contributed by atoms with Gasteiger partial charge in [-0.05, 0) is 29.2 Å². The van der Waals surface area contributed by atoms with Crippen molar-refractivity contribution in [2.75, 3.05) is 12.4 Å². The van der Waals surface area contributed by atoms with Gasteiger partial charge in [0.25, 0.3) is 0 Å². The van der Waals surface area contributed by atoms with Gasteiger partial charge in [0.1, 0.15) is 11.3 Å². The van der Waals surface area contributed by atoms with Gasteiger partial charge >= 0.3 is 11.9 Å². The lowest BCUT2D eigenvalue weighted by Gasteiger charge is -2.13. The molecular weight excluding hydrogens is 330 g/mol. The van der Waals surface area contributed by atoms with Crippen LogP contribution < -0.4 is 5.32 Å². The third-order valence-corrected chi connectivity index (χ3v) is 4.31. The molecule has 5 heteroatoms. The van der Waals surface area contributed by atoms with Crippen molar-refractivity contribution in [3.05, 3.63) is 77.0 Å². The minimum Gasteiger partial charge on any atom is -0.465 e. The number of ether oxygens (including phenoxy) is 2. The van der Waals surface area contributed by atoms with Gasteiger partial charge in [0, 0.05) is 5.69 Å². The average molecular weight is 351 g/mol. The summed E-state index contributed by atoms with van der Waals surface area (Å²) in [6.07, 6.45) is -0.784. The number of hydrogen-bond donors (Lipinski definition) is 1. The zero-order valence-corrected chi connectivity index (χ0v) is 15.0. The predicted octanol–water partition coefficient (Wildman–Crippen LogP) is 3.95. The fourth-order valence-corrected chi connectivity index (χ4v) is 2.86. The van der Waals surface area contributed by atoms with E-state index < -0.39 is 18.0 Å². The van der Waals surface area contributed by atoms with Gasteiger partial charge in [-0.1, -0.05) is 56.3 Å². The van der Waals surface area contributed by atoms with Crippen LogP contribution >= 0.6 is 0 Å². The standard InChI is InChI=1S/C21H21NO4/c1-13(2)14-9-11-16(12-10-14)22-18-17(20(23)25-3)19(26-21(18)24)15-7-5-4-6-8-15/h4-13,19,22H,1-3H3. The van der Waals surface area contributed by atoms with E-state index in [4.69, 9.17) is 9.47 Å². The Kier molecular flexibility index (Phi) is 5.07. The number of hydrogen-bond acceptors (Lipinski definition) is 5. The van der Waals surface area contributed by atoms with Crippen molar-refractivity contribution >= 4 is 17.6 Å². The Morgan fingerprint density at radius 3 is 2.31 bits per heavy atom. The molecule has 2 aromatic rings. The van der Waals surface area contributed by atoms with Gasteiger partial charge in [-0.25, -0.2) is 9.59 Å². The lowest BCUT2D eigenvalue weighted by Crippen LogP contribution is -2.14. The van der Waals surface area contributed by atoms with Crippen LogP contribution in [-0.2, 0) is 19.1 Å². The van der Waals surface area contributed by atoms with E-state index >= 15 is 0 Å². The minimum atomic E-state index is -0.784. The van der Waals surface area contributed by atoms with Crippen LogP contribution in [0.25, 0.3) is 0 Å². The summed E-state index contributed by atoms with van der Waals surface area (Å²) in [7, 11) is 1.29. The third kappa shape index (κ3) is 3.47. The smallest absolute Gasteiger partial charge is 0.356 e. The molecule has 1 heterocycles. The zero-order valence-electron chi connectivity index (χ0n) is 15.0. The molecule has 0 bridgehead atoms. The fraction of sp³-hybridized carbons (Fsp3) is 0.238. The van der Waals surface area contributed by atoms with Crippen molar-refractivity contribution in [1.29, 1.82) is 0 Å². The molecule has 3 rings (SSSR count). The largest absolute Gasteiger partial charge is 0.465 e. The minimum absolute atomic E-state index is 0.114. The van der Waals surface area contributed by atoms with Crippen molar-refractivity contribution in [3.63, 3.8) is 0 Å². The van der Waals surface area contributed by atoms with Gasteiger partial charge in [-0.2, -0.15) is 0 Å². The van der Waals surface area contributed by atoms with Gasteiger partial charge in [-0.3, -0.25) is 0 Å². The highest BCUT2D eigenvalue weighted by molar-refractivity contribution is 6.06. The first-order valence-corrected chi connectivity index (χ1v) is 8.46. The van der Waals surface area contributed by atoms with Gasteiger partial charge in [0.2, 0.25) is 0 Å². The van der Waals surface area contributed by atoms with Crippen LogP contribution in [0.4, 0.5) is 5.69 Å². The fourth-order valence-electron chi connectivity index (χ4n) is 2.86. The van der Waals surface area contributed by atoms with Crippen molar-refractivity contribution in [2.24, 2.45) is 0 Å². The number of nitrogens with one attached hydrogen (secondary N) is 1. The third-order valence-electron chi connectivity index (χ3n) is 4.31. The Morgan fingerprint density at radius 1 is 1.08 bits per heavy atom. The number of carbonyl (C=O) groups excluding carboxylic acids is 2. The highest BCUT2D eigenvalue weighted by Gasteiger charge is 2.40. The molecule has 0 aliphatic carbocycles. The maximum Gasteiger partial charge on any atom is 0.356 e. The highest BCUT2D eigenvalue weighted by atomic mass is 16.6. The van der Waals surface area contributed by atoms with Crippen LogP contribution in [0.15, 0.2) is 65.9 Å². The summed E-state index contributed by atoms with van der Waals surface area (Å²) in [5, 5.41) is 3.03. The summed E-state index contributed by atoms with van der Waals surface area (Å²) in [4.78, 5) is 24.8. The monoisotopic (exact) mass is 351 g/mol. The molecule has 26 heavy (non-hydrogen) atoms. The molecule has 1 atom stereocenters. The molecule has 1 aliphatic rings. The van der Waals surface area contributed by atoms with E-state index in [2.05, 4.69) is 19.2 Å². The molecule has 0 fully saturated rings. The molecule has 1 N–H and O–H groups in total. The predicted molar refractivity (Wildman–Crippen MR) is 98.5 cm³/mol. The first-order chi connectivity index (χ1) is 12.5. The number of benzene rings is 2. The van der Waals surface area contributed by atoms with Gasteiger partial charge in [0.15, 0.2) is 6.10 Å². The quantitative estimate of drug-likeness (QED) is 0.827. The van der Waals surface area contributed by atoms with Crippen molar-refractivity contribution in [2.45, 2.75) is 25.9 Å². The Bertz CT molecular complexity index is 838. The SMILES string of the molecule is COC(=O)C1=C(Nc2ccc(C(C)C)cc2)C(=O)OC1c1ccccc1. The second-order valence-electron chi connectivity index (χ2n) is 6.38. The Hall–Kier alpha value is -3.08. The summed E-state index contributed by atoms with van der Waals surface area (Å²) in [5.74, 6) is -0.758. The normalized spacial score (nSPS) is 16.6. The number of carbonyl (C=O) groups is 2. The summed E-state index contributed by atoms with van der Waals surface area (Å²) in [6.45, 7) is 4.22. The van der Waals surface area contributed by atoms with Crippen LogP contribution in [-0.4, -0.2) is 19.0 Å². The summed E-state index contributed by atoms with van der Waals surface area (Å²) < 4.78 is 10.3. The van der Waals surface area contributed by atoms with Gasteiger partial charge in [-0.15, -0.1) is 0 Å².